The average molecular weight is 339 g/mol. The fraction of sp³-hybridized carbons (Fsp3) is 0.105. The van der Waals surface area contributed by atoms with E-state index in [0.29, 0.717) is 21.8 Å². The van der Waals surface area contributed by atoms with E-state index in [9.17, 15) is 9.90 Å². The summed E-state index contributed by atoms with van der Waals surface area (Å²) in [5, 5.41) is 14.2. The van der Waals surface area contributed by atoms with Crippen LogP contribution in [0.15, 0.2) is 48.4 Å². The zero-order chi connectivity index (χ0) is 17.0. The number of amides is 1. The summed E-state index contributed by atoms with van der Waals surface area (Å²) in [5.41, 5.74) is 4.53. The number of carbonyl (C=O) groups is 1. The Morgan fingerprint density at radius 2 is 1.96 bits per heavy atom. The van der Waals surface area contributed by atoms with E-state index in [1.807, 2.05) is 37.5 Å². The van der Waals surface area contributed by atoms with Gasteiger partial charge in [-0.3, -0.25) is 4.79 Å². The van der Waals surface area contributed by atoms with Crippen molar-refractivity contribution >= 4 is 39.7 Å². The molecule has 2 heterocycles. The summed E-state index contributed by atoms with van der Waals surface area (Å²) in [7, 11) is 2.00. The Balaban J connectivity index is 1.93. The second-order valence-corrected chi connectivity index (χ2v) is 6.40. The molecule has 4 rings (SSSR count). The summed E-state index contributed by atoms with van der Waals surface area (Å²) < 4.78 is 2.06. The Labute approximate surface area is 144 Å². The summed E-state index contributed by atoms with van der Waals surface area (Å²) in [6.45, 7) is 1.51. The van der Waals surface area contributed by atoms with Crippen LogP contribution in [0.3, 0.4) is 0 Å². The quantitative estimate of drug-likeness (QED) is 0.497. The van der Waals surface area contributed by atoms with E-state index in [1.54, 1.807) is 6.07 Å². The number of aromatic nitrogens is 1. The molecule has 3 aromatic rings. The lowest BCUT2D eigenvalue weighted by molar-refractivity contribution is -0.110. The number of carbonyl (C=O) groups excluding carboxylic acids is 1. The molecule has 0 saturated carbocycles. The van der Waals surface area contributed by atoms with Crippen LogP contribution in [-0.2, 0) is 11.8 Å². The Kier molecular flexibility index (Phi) is 3.18. The van der Waals surface area contributed by atoms with Crippen molar-refractivity contribution in [2.45, 2.75) is 6.92 Å². The fourth-order valence-electron chi connectivity index (χ4n) is 3.22. The van der Waals surface area contributed by atoms with Crippen molar-refractivity contribution in [3.05, 3.63) is 58.9 Å². The molecule has 1 aliphatic heterocycles. The number of aliphatic hydroxyl groups excluding tert-OH is 1. The van der Waals surface area contributed by atoms with Gasteiger partial charge in [0.25, 0.3) is 5.91 Å². The van der Waals surface area contributed by atoms with E-state index in [-0.39, 0.29) is 11.7 Å². The number of fused-ring (bicyclic) bond motifs is 2. The number of aliphatic hydroxyl groups is 1. The van der Waals surface area contributed by atoms with E-state index < -0.39 is 0 Å². The first kappa shape index (κ1) is 14.8. The molecule has 1 aromatic heterocycles. The number of nitrogens with zero attached hydrogens (tertiary/aromatic N) is 1. The maximum Gasteiger partial charge on any atom is 0.259 e. The highest BCUT2D eigenvalue weighted by molar-refractivity contribution is 6.36. The molecule has 0 spiro atoms. The highest BCUT2D eigenvalue weighted by Gasteiger charge is 2.28. The Morgan fingerprint density at radius 3 is 2.71 bits per heavy atom. The van der Waals surface area contributed by atoms with Crippen LogP contribution < -0.4 is 5.32 Å². The second-order valence-electron chi connectivity index (χ2n) is 5.99. The number of hydrogen-bond donors (Lipinski definition) is 2. The third kappa shape index (κ3) is 2.11. The van der Waals surface area contributed by atoms with Crippen LogP contribution in [0.1, 0.15) is 12.5 Å². The summed E-state index contributed by atoms with van der Waals surface area (Å²) in [5.74, 6) is -0.310. The molecule has 2 aromatic carbocycles. The van der Waals surface area contributed by atoms with Gasteiger partial charge in [0.2, 0.25) is 0 Å². The zero-order valence-corrected chi connectivity index (χ0v) is 14.0. The van der Waals surface area contributed by atoms with Crippen LogP contribution in [0, 0.1) is 0 Å². The van der Waals surface area contributed by atoms with Crippen molar-refractivity contribution in [2.24, 2.45) is 7.05 Å². The first-order chi connectivity index (χ1) is 11.5. The first-order valence-corrected chi connectivity index (χ1v) is 7.94. The van der Waals surface area contributed by atoms with Gasteiger partial charge in [0.15, 0.2) is 0 Å². The number of hydrogen-bond acceptors (Lipinski definition) is 2. The minimum Gasteiger partial charge on any atom is -0.512 e. The number of anilines is 1. The first-order valence-electron chi connectivity index (χ1n) is 7.56. The maximum atomic E-state index is 12.0. The van der Waals surface area contributed by atoms with E-state index in [4.69, 9.17) is 11.6 Å². The standard InChI is InChI=1S/C19H15ClN2O2/c1-10(23)18-14-8-13(15(20)9-16(14)21-19(18)24)11-3-4-17-12(7-11)5-6-22(17)2/h3-9,23H,1-2H3,(H,21,24)/b18-10+. The predicted octanol–water partition coefficient (Wildman–Crippen LogP) is 4.74. The smallest absolute Gasteiger partial charge is 0.259 e. The highest BCUT2D eigenvalue weighted by Crippen LogP contribution is 2.41. The lowest BCUT2D eigenvalue weighted by atomic mass is 9.98. The SMILES string of the molecule is C/C(O)=C1\C(=O)Nc2cc(Cl)c(-c3ccc4c(ccn4C)c3)cc21. The average Bonchev–Trinajstić information content (AvgIpc) is 3.05. The number of halogens is 1. The van der Waals surface area contributed by atoms with Gasteiger partial charge in [-0.05, 0) is 42.8 Å². The van der Waals surface area contributed by atoms with Crippen molar-refractivity contribution < 1.29 is 9.90 Å². The van der Waals surface area contributed by atoms with Crippen LogP contribution in [0.4, 0.5) is 5.69 Å². The minimum atomic E-state index is -0.309. The van der Waals surface area contributed by atoms with Gasteiger partial charge in [-0.25, -0.2) is 0 Å². The van der Waals surface area contributed by atoms with Crippen molar-refractivity contribution in [1.29, 1.82) is 0 Å². The summed E-state index contributed by atoms with van der Waals surface area (Å²) >= 11 is 6.44. The molecule has 0 aliphatic carbocycles. The number of aryl methyl sites for hydroxylation is 1. The van der Waals surface area contributed by atoms with Crippen LogP contribution >= 0.6 is 11.6 Å². The lowest BCUT2D eigenvalue weighted by Crippen LogP contribution is -2.05. The Hall–Kier alpha value is -2.72. The van der Waals surface area contributed by atoms with Crippen LogP contribution in [0.5, 0.6) is 0 Å². The van der Waals surface area contributed by atoms with Gasteiger partial charge in [-0.1, -0.05) is 17.7 Å². The lowest BCUT2D eigenvalue weighted by Gasteiger charge is -2.09. The molecule has 120 valence electrons. The summed E-state index contributed by atoms with van der Waals surface area (Å²) in [6, 6.07) is 11.8. The third-order valence-electron chi connectivity index (χ3n) is 4.41. The maximum absolute atomic E-state index is 12.0. The van der Waals surface area contributed by atoms with Gasteiger partial charge in [0.05, 0.1) is 16.3 Å². The monoisotopic (exact) mass is 338 g/mol. The third-order valence-corrected chi connectivity index (χ3v) is 4.72. The van der Waals surface area contributed by atoms with Crippen LogP contribution in [0.2, 0.25) is 5.02 Å². The molecule has 0 fully saturated rings. The normalized spacial score (nSPS) is 15.5. The number of benzene rings is 2. The number of rotatable bonds is 1. The van der Waals surface area contributed by atoms with Crippen LogP contribution in [-0.4, -0.2) is 15.6 Å². The predicted molar refractivity (Wildman–Crippen MR) is 97.2 cm³/mol. The van der Waals surface area contributed by atoms with Crippen molar-refractivity contribution in [3.8, 4) is 11.1 Å². The minimum absolute atomic E-state index is 0.00182. The molecular formula is C19H15ClN2O2. The van der Waals surface area contributed by atoms with Gasteiger partial charge in [-0.15, -0.1) is 0 Å². The number of allylic oxidation sites excluding steroid dienone is 1. The van der Waals surface area contributed by atoms with E-state index in [0.717, 1.165) is 22.0 Å². The highest BCUT2D eigenvalue weighted by atomic mass is 35.5. The van der Waals surface area contributed by atoms with Gasteiger partial charge < -0.3 is 15.0 Å². The molecule has 1 amide bonds. The van der Waals surface area contributed by atoms with E-state index >= 15 is 0 Å². The molecule has 4 nitrogen and oxygen atoms in total. The van der Waals surface area contributed by atoms with Crippen molar-refractivity contribution in [1.82, 2.24) is 4.57 Å². The van der Waals surface area contributed by atoms with E-state index in [1.165, 1.54) is 6.92 Å². The molecule has 0 bridgehead atoms. The largest absolute Gasteiger partial charge is 0.512 e. The van der Waals surface area contributed by atoms with E-state index in [2.05, 4.69) is 16.0 Å². The van der Waals surface area contributed by atoms with Gasteiger partial charge in [-0.2, -0.15) is 0 Å². The molecule has 0 radical (unpaired) electrons. The molecule has 0 atom stereocenters. The van der Waals surface area contributed by atoms with Gasteiger partial charge >= 0.3 is 0 Å². The Bertz CT molecular complexity index is 1040. The summed E-state index contributed by atoms with van der Waals surface area (Å²) in [6.07, 6.45) is 2.01. The van der Waals surface area contributed by atoms with Crippen LogP contribution in [0.25, 0.3) is 27.6 Å². The van der Waals surface area contributed by atoms with Gasteiger partial charge in [0.1, 0.15) is 5.76 Å². The van der Waals surface area contributed by atoms with Gasteiger partial charge in [0, 0.05) is 35.3 Å². The molecule has 24 heavy (non-hydrogen) atoms. The van der Waals surface area contributed by atoms with Crippen molar-refractivity contribution in [2.75, 3.05) is 5.32 Å². The summed E-state index contributed by atoms with van der Waals surface area (Å²) in [4.78, 5) is 12.0. The zero-order valence-electron chi connectivity index (χ0n) is 13.2. The molecule has 2 N–H and O–H groups in total. The second kappa shape index (κ2) is 5.14. The molecule has 5 heteroatoms. The molecule has 1 aliphatic rings. The molecular weight excluding hydrogens is 324 g/mol. The molecule has 0 saturated heterocycles. The topological polar surface area (TPSA) is 54.3 Å². The molecule has 0 unspecified atom stereocenters. The fourth-order valence-corrected chi connectivity index (χ4v) is 3.49. The Morgan fingerprint density at radius 1 is 1.17 bits per heavy atom. The number of nitrogens with one attached hydrogen (secondary N) is 1. The van der Waals surface area contributed by atoms with Crippen molar-refractivity contribution in [3.63, 3.8) is 0 Å².